The monoisotopic (exact) mass is 544 g/mol. The van der Waals surface area contributed by atoms with Gasteiger partial charge in [-0.05, 0) is 44.8 Å². The standard InChI is InChI=1S/C30H40O9/c1-16-19(32)14-30(35)25(38-26(34)18-10-8-7-9-11-18)23-28(5,24(33)22(36-6)21(16)27(30,3)4)13-12-20-29(23,15-37-20)39-17(2)31/h7-8,10,12-13,17,19-20,22-23,25,31-32,35H,9,11,14-15H2,1-6H3/t17?,19-,20?,22?,23?,25-,28?,29-,30?/m0/s1. The molecule has 214 valence electrons. The largest absolute Gasteiger partial charge is 0.455 e. The first-order valence-corrected chi connectivity index (χ1v) is 13.7. The van der Waals surface area contributed by atoms with Gasteiger partial charge in [0, 0.05) is 30.4 Å². The van der Waals surface area contributed by atoms with Gasteiger partial charge in [-0.1, -0.05) is 44.2 Å². The Hall–Kier alpha value is -2.14. The van der Waals surface area contributed by atoms with Gasteiger partial charge in [-0.2, -0.15) is 0 Å². The first-order valence-electron chi connectivity index (χ1n) is 13.7. The van der Waals surface area contributed by atoms with E-state index in [0.29, 0.717) is 29.6 Å². The Morgan fingerprint density at radius 3 is 2.54 bits per heavy atom. The lowest BCUT2D eigenvalue weighted by Crippen LogP contribution is -2.78. The number of hydrogen-bond donors (Lipinski definition) is 3. The predicted octanol–water partition coefficient (Wildman–Crippen LogP) is 2.30. The number of carbonyl (C=O) groups is 2. The summed E-state index contributed by atoms with van der Waals surface area (Å²) in [5, 5.41) is 34.5. The normalized spacial score (nSPS) is 43.4. The van der Waals surface area contributed by atoms with Crippen LogP contribution >= 0.6 is 0 Å². The third-order valence-corrected chi connectivity index (χ3v) is 9.89. The third-order valence-electron chi connectivity index (χ3n) is 9.89. The van der Waals surface area contributed by atoms with E-state index in [1.54, 1.807) is 52.0 Å². The molecule has 3 N–H and O–H groups in total. The number of carbonyl (C=O) groups excluding carboxylic acids is 2. The lowest BCUT2D eigenvalue weighted by Gasteiger charge is -2.65. The highest BCUT2D eigenvalue weighted by Gasteiger charge is 2.74. The van der Waals surface area contributed by atoms with Crippen LogP contribution in [0.1, 0.15) is 53.9 Å². The number of esters is 1. The van der Waals surface area contributed by atoms with Crippen molar-refractivity contribution in [1.82, 2.24) is 0 Å². The zero-order valence-electron chi connectivity index (χ0n) is 23.5. The predicted molar refractivity (Wildman–Crippen MR) is 140 cm³/mol. The maximum atomic E-state index is 14.6. The lowest BCUT2D eigenvalue weighted by molar-refractivity contribution is -0.348. The van der Waals surface area contributed by atoms with Gasteiger partial charge < -0.3 is 34.3 Å². The number of methoxy groups -OCH3 is 1. The Kier molecular flexibility index (Phi) is 6.89. The van der Waals surface area contributed by atoms with E-state index in [9.17, 15) is 24.9 Å². The van der Waals surface area contributed by atoms with Crippen LogP contribution in [0.15, 0.2) is 47.1 Å². The second kappa shape index (κ2) is 9.46. The molecule has 5 aliphatic rings. The summed E-state index contributed by atoms with van der Waals surface area (Å²) in [5.41, 5.74) is -4.16. The summed E-state index contributed by atoms with van der Waals surface area (Å²) in [6.45, 7) is 8.54. The molecule has 9 nitrogen and oxygen atoms in total. The Labute approximate surface area is 229 Å². The molecule has 4 aliphatic carbocycles. The van der Waals surface area contributed by atoms with Crippen LogP contribution in [0.25, 0.3) is 0 Å². The van der Waals surface area contributed by atoms with Crippen LogP contribution < -0.4 is 0 Å². The van der Waals surface area contributed by atoms with E-state index < -0.39 is 64.6 Å². The van der Waals surface area contributed by atoms with Gasteiger partial charge in [0.25, 0.3) is 0 Å². The second-order valence-corrected chi connectivity index (χ2v) is 12.4. The van der Waals surface area contributed by atoms with Crippen molar-refractivity contribution in [3.8, 4) is 0 Å². The van der Waals surface area contributed by atoms with E-state index >= 15 is 0 Å². The quantitative estimate of drug-likeness (QED) is 0.271. The van der Waals surface area contributed by atoms with Crippen molar-refractivity contribution in [3.05, 3.63) is 47.1 Å². The van der Waals surface area contributed by atoms with E-state index in [4.69, 9.17) is 18.9 Å². The summed E-state index contributed by atoms with van der Waals surface area (Å²) in [7, 11) is 1.43. The second-order valence-electron chi connectivity index (χ2n) is 12.4. The average molecular weight is 545 g/mol. The van der Waals surface area contributed by atoms with E-state index in [2.05, 4.69) is 0 Å². The molecule has 2 fully saturated rings. The number of fused-ring (bicyclic) bond motifs is 5. The molecular formula is C30H40O9. The minimum atomic E-state index is -1.84. The fourth-order valence-corrected chi connectivity index (χ4v) is 7.68. The maximum Gasteiger partial charge on any atom is 0.334 e. The molecule has 1 saturated heterocycles. The summed E-state index contributed by atoms with van der Waals surface area (Å²) in [5.74, 6) is -1.90. The Morgan fingerprint density at radius 1 is 1.26 bits per heavy atom. The number of aliphatic hydroxyl groups is 3. The van der Waals surface area contributed by atoms with Crippen molar-refractivity contribution in [3.63, 3.8) is 0 Å². The molecule has 6 unspecified atom stereocenters. The smallest absolute Gasteiger partial charge is 0.334 e. The van der Waals surface area contributed by atoms with E-state index in [0.717, 1.165) is 0 Å². The van der Waals surface area contributed by atoms with Gasteiger partial charge in [-0.3, -0.25) is 4.79 Å². The number of ether oxygens (including phenoxy) is 4. The molecule has 39 heavy (non-hydrogen) atoms. The summed E-state index contributed by atoms with van der Waals surface area (Å²) in [6.07, 6.45) is 4.55. The van der Waals surface area contributed by atoms with Crippen LogP contribution in [0.4, 0.5) is 0 Å². The molecule has 9 heteroatoms. The van der Waals surface area contributed by atoms with E-state index in [1.165, 1.54) is 14.0 Å². The lowest BCUT2D eigenvalue weighted by atomic mass is 9.46. The molecule has 0 radical (unpaired) electrons. The van der Waals surface area contributed by atoms with Gasteiger partial charge in [0.05, 0.1) is 18.1 Å². The van der Waals surface area contributed by atoms with Crippen molar-refractivity contribution in [1.29, 1.82) is 0 Å². The molecule has 5 rings (SSSR count). The number of ketones is 1. The van der Waals surface area contributed by atoms with Crippen molar-refractivity contribution in [2.75, 3.05) is 13.7 Å². The highest BCUT2D eigenvalue weighted by atomic mass is 16.7. The summed E-state index contributed by atoms with van der Waals surface area (Å²) < 4.78 is 24.1. The topological polar surface area (TPSA) is 132 Å². The SMILES string of the molecule is COC1C(=O)C2(C)C=CC3OC[C@@]3(OC(C)O)C2[C@H](OC(=O)C2=CC=CCC2)C2(O)C[C@H](O)C(C)=C1C2(C)C. The minimum Gasteiger partial charge on any atom is -0.455 e. The Bertz CT molecular complexity index is 1180. The molecule has 1 saturated carbocycles. The molecule has 0 aromatic heterocycles. The molecular weight excluding hydrogens is 504 g/mol. The average Bonchev–Trinajstić information content (AvgIpc) is 2.87. The zero-order valence-corrected chi connectivity index (χ0v) is 23.5. The molecule has 0 spiro atoms. The van der Waals surface area contributed by atoms with Crippen LogP contribution in [0.2, 0.25) is 0 Å². The highest BCUT2D eigenvalue weighted by Crippen LogP contribution is 2.62. The van der Waals surface area contributed by atoms with Crippen molar-refractivity contribution < 1.29 is 43.9 Å². The van der Waals surface area contributed by atoms with Crippen LogP contribution in [-0.2, 0) is 28.5 Å². The highest BCUT2D eigenvalue weighted by molar-refractivity contribution is 5.95. The van der Waals surface area contributed by atoms with Crippen molar-refractivity contribution >= 4 is 11.8 Å². The van der Waals surface area contributed by atoms with Crippen LogP contribution in [0.5, 0.6) is 0 Å². The molecule has 2 bridgehead atoms. The molecule has 0 amide bonds. The van der Waals surface area contributed by atoms with Crippen LogP contribution in [-0.4, -0.2) is 82.7 Å². The number of hydrogen-bond acceptors (Lipinski definition) is 9. The first-order chi connectivity index (χ1) is 18.2. The summed E-state index contributed by atoms with van der Waals surface area (Å²) in [6, 6.07) is 0. The Morgan fingerprint density at radius 2 is 1.97 bits per heavy atom. The molecule has 0 aromatic rings. The molecule has 1 heterocycles. The molecule has 9 atom stereocenters. The maximum absolute atomic E-state index is 14.6. The zero-order chi connectivity index (χ0) is 28.5. The summed E-state index contributed by atoms with van der Waals surface area (Å²) >= 11 is 0. The van der Waals surface area contributed by atoms with Gasteiger partial charge in [0.15, 0.2) is 12.1 Å². The van der Waals surface area contributed by atoms with Crippen molar-refractivity contribution in [2.24, 2.45) is 16.7 Å². The Balaban J connectivity index is 1.79. The van der Waals surface area contributed by atoms with Gasteiger partial charge in [-0.15, -0.1) is 0 Å². The minimum absolute atomic E-state index is 0.0123. The van der Waals surface area contributed by atoms with Gasteiger partial charge in [0.1, 0.15) is 29.5 Å². The summed E-state index contributed by atoms with van der Waals surface area (Å²) in [4.78, 5) is 28.3. The van der Waals surface area contributed by atoms with Crippen molar-refractivity contribution in [2.45, 2.75) is 95.8 Å². The number of aliphatic hydroxyl groups excluding tert-OH is 2. The van der Waals surface area contributed by atoms with E-state index in [-0.39, 0.29) is 18.8 Å². The third kappa shape index (κ3) is 3.89. The fraction of sp³-hybridized carbons (Fsp3) is 0.667. The van der Waals surface area contributed by atoms with Gasteiger partial charge in [0.2, 0.25) is 0 Å². The number of allylic oxidation sites excluding steroid dienone is 4. The van der Waals surface area contributed by atoms with Gasteiger partial charge >= 0.3 is 5.97 Å². The fourth-order valence-electron chi connectivity index (χ4n) is 7.68. The van der Waals surface area contributed by atoms with Crippen LogP contribution in [0.3, 0.4) is 0 Å². The van der Waals surface area contributed by atoms with E-state index in [1.807, 2.05) is 6.08 Å². The van der Waals surface area contributed by atoms with Gasteiger partial charge in [-0.25, -0.2) is 4.79 Å². The number of rotatable bonds is 5. The molecule has 0 aromatic carbocycles. The first kappa shape index (κ1) is 28.4. The number of Topliss-reactive ketones (excluding diaryl/α,β-unsaturated/α-hetero) is 1. The van der Waals surface area contributed by atoms with Crippen LogP contribution in [0, 0.1) is 16.7 Å². The molecule has 1 aliphatic heterocycles.